The van der Waals surface area contributed by atoms with E-state index in [0.717, 1.165) is 12.8 Å². The van der Waals surface area contributed by atoms with E-state index in [4.69, 9.17) is 27.9 Å². The van der Waals surface area contributed by atoms with E-state index < -0.39 is 15.9 Å². The number of nitrogens with one attached hydrogen (secondary N) is 2. The van der Waals surface area contributed by atoms with Crippen LogP contribution in [0.1, 0.15) is 23.2 Å². The number of carbonyl (C=O) groups is 1. The fourth-order valence-electron chi connectivity index (χ4n) is 2.68. The molecule has 1 saturated heterocycles. The van der Waals surface area contributed by atoms with Gasteiger partial charge in [0.05, 0.1) is 21.6 Å². The number of anilines is 1. The first-order chi connectivity index (χ1) is 12.8. The number of sulfonamides is 1. The number of halogens is 2. The number of hydrogen-bond donors (Lipinski definition) is 2. The monoisotopic (exact) mass is 428 g/mol. The fourth-order valence-corrected chi connectivity index (χ4v) is 4.10. The minimum Gasteiger partial charge on any atom is -0.376 e. The Hall–Kier alpha value is -1.80. The third-order valence-corrected chi connectivity index (χ3v) is 6.06. The van der Waals surface area contributed by atoms with Gasteiger partial charge in [-0.1, -0.05) is 23.2 Å². The van der Waals surface area contributed by atoms with Gasteiger partial charge in [-0.25, -0.2) is 8.42 Å². The SMILES string of the molecule is O=C(NC[C@@H]1CCCO1)c1cc(S(=O)(=O)Nc2ccc(Cl)cc2)ccc1Cl. The van der Waals surface area contributed by atoms with Crippen LogP contribution >= 0.6 is 23.2 Å². The molecule has 2 aromatic rings. The molecule has 9 heteroatoms. The Balaban J connectivity index is 1.76. The molecule has 1 aliphatic rings. The Morgan fingerprint density at radius 3 is 2.56 bits per heavy atom. The maximum atomic E-state index is 12.6. The van der Waals surface area contributed by atoms with Gasteiger partial charge in [-0.15, -0.1) is 0 Å². The van der Waals surface area contributed by atoms with Crippen LogP contribution in [0.2, 0.25) is 10.0 Å². The summed E-state index contributed by atoms with van der Waals surface area (Å²) in [4.78, 5) is 12.4. The van der Waals surface area contributed by atoms with Gasteiger partial charge in [0.25, 0.3) is 15.9 Å². The molecule has 0 saturated carbocycles. The number of ether oxygens (including phenoxy) is 1. The molecule has 0 aliphatic carbocycles. The molecule has 2 N–H and O–H groups in total. The van der Waals surface area contributed by atoms with Crippen LogP contribution in [0.3, 0.4) is 0 Å². The van der Waals surface area contributed by atoms with Crippen molar-refractivity contribution >= 4 is 44.8 Å². The van der Waals surface area contributed by atoms with Crippen LogP contribution in [0.15, 0.2) is 47.4 Å². The van der Waals surface area contributed by atoms with Crippen LogP contribution in [-0.2, 0) is 14.8 Å². The Labute approximate surface area is 167 Å². The smallest absolute Gasteiger partial charge is 0.261 e. The van der Waals surface area contributed by atoms with Gasteiger partial charge in [0.2, 0.25) is 0 Å². The zero-order valence-corrected chi connectivity index (χ0v) is 16.6. The van der Waals surface area contributed by atoms with E-state index in [1.54, 1.807) is 24.3 Å². The number of benzene rings is 2. The highest BCUT2D eigenvalue weighted by Gasteiger charge is 2.21. The number of carbonyl (C=O) groups excluding carboxylic acids is 1. The molecule has 2 aromatic carbocycles. The summed E-state index contributed by atoms with van der Waals surface area (Å²) in [6.45, 7) is 1.04. The summed E-state index contributed by atoms with van der Waals surface area (Å²) in [6, 6.07) is 10.2. The topological polar surface area (TPSA) is 84.5 Å². The van der Waals surface area contributed by atoms with Crippen molar-refractivity contribution in [1.29, 1.82) is 0 Å². The van der Waals surface area contributed by atoms with Crippen LogP contribution in [0, 0.1) is 0 Å². The molecule has 0 spiro atoms. The summed E-state index contributed by atoms with van der Waals surface area (Å²) in [5.74, 6) is -0.445. The highest BCUT2D eigenvalue weighted by atomic mass is 35.5. The van der Waals surface area contributed by atoms with Crippen molar-refractivity contribution in [2.45, 2.75) is 23.8 Å². The van der Waals surface area contributed by atoms with Crippen LogP contribution in [0.4, 0.5) is 5.69 Å². The normalized spacial score (nSPS) is 16.9. The molecule has 0 unspecified atom stereocenters. The summed E-state index contributed by atoms with van der Waals surface area (Å²) in [5.41, 5.74) is 0.451. The second-order valence-corrected chi connectivity index (χ2v) is 8.63. The second-order valence-electron chi connectivity index (χ2n) is 6.10. The lowest BCUT2D eigenvalue weighted by Crippen LogP contribution is -2.32. The minimum atomic E-state index is -3.89. The van der Waals surface area contributed by atoms with Gasteiger partial charge in [0.1, 0.15) is 0 Å². The predicted octanol–water partition coefficient (Wildman–Crippen LogP) is 3.70. The highest BCUT2D eigenvalue weighted by molar-refractivity contribution is 7.92. The maximum Gasteiger partial charge on any atom is 0.261 e. The quantitative estimate of drug-likeness (QED) is 0.734. The first kappa shape index (κ1) is 19.9. The van der Waals surface area contributed by atoms with Gasteiger partial charge >= 0.3 is 0 Å². The second kappa shape index (κ2) is 8.48. The average Bonchev–Trinajstić information content (AvgIpc) is 3.15. The molecule has 1 fully saturated rings. The van der Waals surface area contributed by atoms with Gasteiger partial charge in [0, 0.05) is 23.9 Å². The minimum absolute atomic E-state index is 0.0220. The van der Waals surface area contributed by atoms with Crippen molar-refractivity contribution in [1.82, 2.24) is 5.32 Å². The maximum absolute atomic E-state index is 12.6. The third-order valence-electron chi connectivity index (χ3n) is 4.10. The van der Waals surface area contributed by atoms with Crippen molar-refractivity contribution in [2.24, 2.45) is 0 Å². The summed E-state index contributed by atoms with van der Waals surface area (Å²) in [5, 5.41) is 3.40. The molecule has 0 radical (unpaired) electrons. The van der Waals surface area contributed by atoms with Gasteiger partial charge in [-0.2, -0.15) is 0 Å². The van der Waals surface area contributed by atoms with Crippen molar-refractivity contribution in [3.63, 3.8) is 0 Å². The Bertz CT molecular complexity index is 927. The summed E-state index contributed by atoms with van der Waals surface area (Å²) < 4.78 is 33.1. The molecule has 27 heavy (non-hydrogen) atoms. The number of amides is 1. The Morgan fingerprint density at radius 2 is 1.89 bits per heavy atom. The molecule has 1 aliphatic heterocycles. The zero-order chi connectivity index (χ0) is 19.4. The number of hydrogen-bond acceptors (Lipinski definition) is 4. The molecular formula is C18H18Cl2N2O4S. The molecule has 1 atom stereocenters. The molecule has 144 valence electrons. The number of rotatable bonds is 6. The fraction of sp³-hybridized carbons (Fsp3) is 0.278. The largest absolute Gasteiger partial charge is 0.376 e. The first-order valence-electron chi connectivity index (χ1n) is 8.33. The molecule has 1 heterocycles. The van der Waals surface area contributed by atoms with E-state index in [-0.39, 0.29) is 21.6 Å². The van der Waals surface area contributed by atoms with Gasteiger partial charge < -0.3 is 10.1 Å². The zero-order valence-electron chi connectivity index (χ0n) is 14.2. The standard InChI is InChI=1S/C18H18Cl2N2O4S/c19-12-3-5-13(6-4-12)22-27(24,25)15-7-8-17(20)16(10-15)18(23)21-11-14-2-1-9-26-14/h3-8,10,14,22H,1-2,9,11H2,(H,21,23)/t14-/m0/s1. The van der Waals surface area contributed by atoms with Crippen LogP contribution in [-0.4, -0.2) is 33.6 Å². The van der Waals surface area contributed by atoms with E-state index >= 15 is 0 Å². The van der Waals surface area contributed by atoms with Crippen LogP contribution < -0.4 is 10.0 Å². The summed E-state index contributed by atoms with van der Waals surface area (Å²) >= 11 is 11.9. The lowest BCUT2D eigenvalue weighted by atomic mass is 10.2. The summed E-state index contributed by atoms with van der Waals surface area (Å²) in [6.07, 6.45) is 1.82. The Morgan fingerprint density at radius 1 is 1.15 bits per heavy atom. The van der Waals surface area contributed by atoms with E-state index in [1.165, 1.54) is 18.2 Å². The van der Waals surface area contributed by atoms with Crippen molar-refractivity contribution in [3.05, 3.63) is 58.1 Å². The molecule has 1 amide bonds. The van der Waals surface area contributed by atoms with Crippen molar-refractivity contribution < 1.29 is 17.9 Å². The Kier molecular flexibility index (Phi) is 6.26. The van der Waals surface area contributed by atoms with E-state index in [1.807, 2.05) is 0 Å². The predicted molar refractivity (Wildman–Crippen MR) is 105 cm³/mol. The molecule has 0 bridgehead atoms. The van der Waals surface area contributed by atoms with Gasteiger partial charge in [-0.3, -0.25) is 9.52 Å². The van der Waals surface area contributed by atoms with E-state index in [9.17, 15) is 13.2 Å². The van der Waals surface area contributed by atoms with Gasteiger partial charge in [-0.05, 0) is 55.3 Å². The average molecular weight is 429 g/mol. The van der Waals surface area contributed by atoms with E-state index in [0.29, 0.717) is 23.9 Å². The third kappa shape index (κ3) is 5.13. The summed E-state index contributed by atoms with van der Waals surface area (Å²) in [7, 11) is -3.89. The van der Waals surface area contributed by atoms with Crippen LogP contribution in [0.5, 0.6) is 0 Å². The van der Waals surface area contributed by atoms with Gasteiger partial charge in [0.15, 0.2) is 0 Å². The lowest BCUT2D eigenvalue weighted by molar-refractivity contribution is 0.0857. The molecule has 0 aromatic heterocycles. The van der Waals surface area contributed by atoms with Crippen molar-refractivity contribution in [3.8, 4) is 0 Å². The molecule has 3 rings (SSSR count). The molecular weight excluding hydrogens is 411 g/mol. The van der Waals surface area contributed by atoms with E-state index in [2.05, 4.69) is 10.0 Å². The first-order valence-corrected chi connectivity index (χ1v) is 10.6. The molecule has 6 nitrogen and oxygen atoms in total. The highest BCUT2D eigenvalue weighted by Crippen LogP contribution is 2.23. The van der Waals surface area contributed by atoms with Crippen molar-refractivity contribution in [2.75, 3.05) is 17.9 Å². The lowest BCUT2D eigenvalue weighted by Gasteiger charge is -2.13. The van der Waals surface area contributed by atoms with Crippen LogP contribution in [0.25, 0.3) is 0 Å².